The molecule has 0 radical (unpaired) electrons. The highest BCUT2D eigenvalue weighted by Gasteiger charge is 2.29. The molecule has 0 bridgehead atoms. The van der Waals surface area contributed by atoms with Crippen LogP contribution < -0.4 is 20.9 Å². The van der Waals surface area contributed by atoms with Gasteiger partial charge in [0.15, 0.2) is 0 Å². The number of para-hydroxylation sites is 1. The van der Waals surface area contributed by atoms with Gasteiger partial charge in [-0.25, -0.2) is 14.2 Å². The Hall–Kier alpha value is -3.16. The van der Waals surface area contributed by atoms with E-state index in [2.05, 4.69) is 20.9 Å². The Labute approximate surface area is 137 Å². The van der Waals surface area contributed by atoms with Gasteiger partial charge in [0.25, 0.3) is 0 Å². The molecule has 24 heavy (non-hydrogen) atoms. The number of nitrogens with one attached hydrogen (secondary N) is 3. The van der Waals surface area contributed by atoms with E-state index in [0.29, 0.717) is 25.2 Å². The molecule has 2 heterocycles. The average molecular weight is 329 g/mol. The number of benzene rings is 1. The van der Waals surface area contributed by atoms with Gasteiger partial charge in [-0.1, -0.05) is 12.1 Å². The van der Waals surface area contributed by atoms with E-state index < -0.39 is 11.8 Å². The number of halogens is 1. The zero-order valence-electron chi connectivity index (χ0n) is 12.7. The molecule has 3 rings (SSSR count). The molecule has 0 spiro atoms. The lowest BCUT2D eigenvalue weighted by atomic mass is 10.1. The largest absolute Gasteiger partial charge is 0.352 e. The van der Waals surface area contributed by atoms with Gasteiger partial charge in [-0.05, 0) is 24.3 Å². The number of urea groups is 1. The number of pyridine rings is 1. The van der Waals surface area contributed by atoms with Crippen molar-refractivity contribution >= 4 is 29.6 Å². The van der Waals surface area contributed by atoms with E-state index in [1.54, 1.807) is 30.5 Å². The molecule has 1 aliphatic rings. The summed E-state index contributed by atoms with van der Waals surface area (Å²) in [6.07, 6.45) is 2.16. The molecule has 3 N–H and O–H groups in total. The number of carbonyl (C=O) groups is 2. The van der Waals surface area contributed by atoms with E-state index in [-0.39, 0.29) is 11.7 Å². The fourth-order valence-corrected chi connectivity index (χ4v) is 2.39. The molecular weight excluding hydrogens is 313 g/mol. The second-order valence-corrected chi connectivity index (χ2v) is 5.35. The van der Waals surface area contributed by atoms with Crippen molar-refractivity contribution in [2.75, 3.05) is 28.6 Å². The molecular formula is C16H16FN5O2. The third-order valence-corrected chi connectivity index (χ3v) is 3.64. The van der Waals surface area contributed by atoms with Crippen molar-refractivity contribution in [2.45, 2.75) is 6.04 Å². The summed E-state index contributed by atoms with van der Waals surface area (Å²) in [5.41, 5.74) is 0.763. The van der Waals surface area contributed by atoms with Gasteiger partial charge in [0.05, 0.1) is 23.6 Å². The first-order chi connectivity index (χ1) is 11.7. The molecule has 3 amide bonds. The number of hydrogen-bond donors (Lipinski definition) is 3. The van der Waals surface area contributed by atoms with Crippen LogP contribution in [0.4, 0.5) is 26.4 Å². The number of amides is 3. The lowest BCUT2D eigenvalue weighted by Crippen LogP contribution is -2.60. The number of nitrogens with zero attached hydrogens (tertiary/aromatic N) is 2. The van der Waals surface area contributed by atoms with Gasteiger partial charge in [0.1, 0.15) is 11.6 Å². The maximum Gasteiger partial charge on any atom is 0.319 e. The van der Waals surface area contributed by atoms with Crippen LogP contribution in [0.2, 0.25) is 0 Å². The minimum Gasteiger partial charge on any atom is -0.352 e. The fourth-order valence-electron chi connectivity index (χ4n) is 2.39. The molecule has 2 aromatic rings. The lowest BCUT2D eigenvalue weighted by molar-refractivity contribution is -0.105. The van der Waals surface area contributed by atoms with Crippen molar-refractivity contribution in [3.8, 4) is 0 Å². The Balaban J connectivity index is 1.47. The summed E-state index contributed by atoms with van der Waals surface area (Å²) in [7, 11) is 0. The molecule has 7 nitrogen and oxygen atoms in total. The van der Waals surface area contributed by atoms with Crippen LogP contribution in [0.1, 0.15) is 0 Å². The molecule has 1 aromatic heterocycles. The zero-order valence-corrected chi connectivity index (χ0v) is 12.7. The van der Waals surface area contributed by atoms with Crippen molar-refractivity contribution in [3.63, 3.8) is 0 Å². The highest BCUT2D eigenvalue weighted by atomic mass is 19.1. The molecule has 0 saturated carbocycles. The summed E-state index contributed by atoms with van der Waals surface area (Å²) < 4.78 is 13.5. The van der Waals surface area contributed by atoms with Gasteiger partial charge >= 0.3 is 6.03 Å². The summed E-state index contributed by atoms with van der Waals surface area (Å²) >= 11 is 0. The van der Waals surface area contributed by atoms with Crippen LogP contribution in [0.15, 0.2) is 42.6 Å². The molecule has 0 atom stereocenters. The Morgan fingerprint density at radius 1 is 1.25 bits per heavy atom. The van der Waals surface area contributed by atoms with Crippen LogP contribution in [0.25, 0.3) is 0 Å². The number of hydrogen-bond acceptors (Lipinski definition) is 4. The van der Waals surface area contributed by atoms with Gasteiger partial charge in [0, 0.05) is 13.1 Å². The standard InChI is InChI=1S/C16H16FN5O2/c17-13-3-1-2-4-14(13)21-16(24)20-12-8-22(9-12)15-6-5-11(7-18-15)19-10-23/h1-7,10,12H,8-9H2,(H,19,23)(H2,20,21,24). The van der Waals surface area contributed by atoms with Crippen molar-refractivity contribution in [1.82, 2.24) is 10.3 Å². The molecule has 0 aliphatic carbocycles. The first-order valence-electron chi connectivity index (χ1n) is 7.39. The van der Waals surface area contributed by atoms with Gasteiger partial charge in [0.2, 0.25) is 6.41 Å². The summed E-state index contributed by atoms with van der Waals surface area (Å²) in [6.45, 7) is 1.22. The maximum atomic E-state index is 13.5. The second kappa shape index (κ2) is 6.95. The second-order valence-electron chi connectivity index (χ2n) is 5.35. The minimum atomic E-state index is -0.476. The highest BCUT2D eigenvalue weighted by Crippen LogP contribution is 2.20. The first kappa shape index (κ1) is 15.7. The smallest absolute Gasteiger partial charge is 0.319 e. The summed E-state index contributed by atoms with van der Waals surface area (Å²) in [5.74, 6) is 0.287. The Bertz CT molecular complexity index is 732. The van der Waals surface area contributed by atoms with Gasteiger partial charge < -0.3 is 20.9 Å². The lowest BCUT2D eigenvalue weighted by Gasteiger charge is -2.40. The number of rotatable bonds is 5. The van der Waals surface area contributed by atoms with E-state index in [1.165, 1.54) is 12.1 Å². The zero-order chi connectivity index (χ0) is 16.9. The van der Waals surface area contributed by atoms with E-state index in [4.69, 9.17) is 0 Å². The Morgan fingerprint density at radius 2 is 2.04 bits per heavy atom. The van der Waals surface area contributed by atoms with Gasteiger partial charge in [-0.3, -0.25) is 4.79 Å². The third kappa shape index (κ3) is 3.60. The highest BCUT2D eigenvalue weighted by molar-refractivity contribution is 5.89. The van der Waals surface area contributed by atoms with Crippen LogP contribution in [-0.4, -0.2) is 36.6 Å². The molecule has 8 heteroatoms. The normalized spacial score (nSPS) is 13.8. The van der Waals surface area contributed by atoms with Crippen molar-refractivity contribution in [3.05, 3.63) is 48.4 Å². The number of aromatic nitrogens is 1. The molecule has 1 aliphatic heterocycles. The maximum absolute atomic E-state index is 13.5. The number of carbonyl (C=O) groups excluding carboxylic acids is 2. The van der Waals surface area contributed by atoms with Gasteiger partial charge in [-0.2, -0.15) is 0 Å². The predicted molar refractivity (Wildman–Crippen MR) is 88.5 cm³/mol. The quantitative estimate of drug-likeness (QED) is 0.730. The third-order valence-electron chi connectivity index (χ3n) is 3.64. The van der Waals surface area contributed by atoms with Crippen LogP contribution in [0.3, 0.4) is 0 Å². The van der Waals surface area contributed by atoms with E-state index >= 15 is 0 Å². The fraction of sp³-hybridized carbons (Fsp3) is 0.188. The molecule has 1 fully saturated rings. The van der Waals surface area contributed by atoms with Crippen LogP contribution in [-0.2, 0) is 4.79 Å². The van der Waals surface area contributed by atoms with Crippen molar-refractivity contribution in [1.29, 1.82) is 0 Å². The molecule has 124 valence electrons. The summed E-state index contributed by atoms with van der Waals surface area (Å²) in [4.78, 5) is 28.4. The first-order valence-corrected chi connectivity index (χ1v) is 7.39. The molecule has 1 saturated heterocycles. The predicted octanol–water partition coefficient (Wildman–Crippen LogP) is 1.80. The van der Waals surface area contributed by atoms with Crippen molar-refractivity contribution < 1.29 is 14.0 Å². The van der Waals surface area contributed by atoms with Crippen molar-refractivity contribution in [2.24, 2.45) is 0 Å². The van der Waals surface area contributed by atoms with E-state index in [0.717, 1.165) is 5.82 Å². The van der Waals surface area contributed by atoms with Gasteiger partial charge in [-0.15, -0.1) is 0 Å². The summed E-state index contributed by atoms with van der Waals surface area (Å²) in [5, 5.41) is 7.78. The Kier molecular flexibility index (Phi) is 4.55. The minimum absolute atomic E-state index is 0.0358. The molecule has 0 unspecified atom stereocenters. The van der Waals surface area contributed by atoms with E-state index in [9.17, 15) is 14.0 Å². The van der Waals surface area contributed by atoms with Crippen LogP contribution in [0.5, 0.6) is 0 Å². The monoisotopic (exact) mass is 329 g/mol. The summed E-state index contributed by atoms with van der Waals surface area (Å²) in [6, 6.07) is 9.07. The SMILES string of the molecule is O=CNc1ccc(N2CC(NC(=O)Nc3ccccc3F)C2)nc1. The Morgan fingerprint density at radius 3 is 2.71 bits per heavy atom. The van der Waals surface area contributed by atoms with Crippen LogP contribution >= 0.6 is 0 Å². The number of anilines is 3. The topological polar surface area (TPSA) is 86.4 Å². The van der Waals surface area contributed by atoms with E-state index in [1.807, 2.05) is 4.90 Å². The average Bonchev–Trinajstić information content (AvgIpc) is 2.54. The van der Waals surface area contributed by atoms with Crippen LogP contribution in [0, 0.1) is 5.82 Å². The molecule has 1 aromatic carbocycles.